The first-order valence-electron chi connectivity index (χ1n) is 9.14. The van der Waals surface area contributed by atoms with Gasteiger partial charge in [0.05, 0.1) is 6.54 Å². The summed E-state index contributed by atoms with van der Waals surface area (Å²) in [6.07, 6.45) is 6.36. The zero-order valence-electron chi connectivity index (χ0n) is 15.3. The fourth-order valence-electron chi connectivity index (χ4n) is 2.99. The van der Waals surface area contributed by atoms with E-state index in [-0.39, 0.29) is 5.91 Å². The normalized spacial score (nSPS) is 14.0. The highest BCUT2D eigenvalue weighted by Crippen LogP contribution is 2.30. The van der Waals surface area contributed by atoms with Crippen LogP contribution in [0.1, 0.15) is 44.5 Å². The Hall–Kier alpha value is -2.24. The van der Waals surface area contributed by atoms with Crippen molar-refractivity contribution in [2.75, 3.05) is 6.54 Å². The van der Waals surface area contributed by atoms with Gasteiger partial charge < -0.3 is 9.47 Å². The minimum atomic E-state index is -0.855. The zero-order chi connectivity index (χ0) is 18.7. The van der Waals surface area contributed by atoms with Crippen molar-refractivity contribution in [1.82, 2.24) is 14.5 Å². The van der Waals surface area contributed by atoms with Gasteiger partial charge in [-0.25, -0.2) is 13.8 Å². The maximum Gasteiger partial charge on any atom is 0.223 e. The molecule has 0 aliphatic heterocycles. The molecule has 2 aromatic rings. The third kappa shape index (κ3) is 4.90. The van der Waals surface area contributed by atoms with Gasteiger partial charge in [0.2, 0.25) is 5.91 Å². The van der Waals surface area contributed by atoms with E-state index in [0.29, 0.717) is 36.9 Å². The molecule has 1 amide bonds. The summed E-state index contributed by atoms with van der Waals surface area (Å²) in [6, 6.07) is 3.89. The number of amides is 1. The maximum absolute atomic E-state index is 13.4. The Balaban J connectivity index is 1.72. The van der Waals surface area contributed by atoms with Gasteiger partial charge in [0.25, 0.3) is 0 Å². The number of nitrogens with zero attached hydrogens (tertiary/aromatic N) is 3. The molecule has 1 aromatic carbocycles. The molecule has 4 nitrogen and oxygen atoms in total. The lowest BCUT2D eigenvalue weighted by Crippen LogP contribution is -2.34. The lowest BCUT2D eigenvalue weighted by Gasteiger charge is -2.24. The Morgan fingerprint density at radius 2 is 2.08 bits per heavy atom. The molecule has 1 fully saturated rings. The highest BCUT2D eigenvalue weighted by atomic mass is 19.2. The van der Waals surface area contributed by atoms with Gasteiger partial charge in [0, 0.05) is 31.9 Å². The fourth-order valence-corrected chi connectivity index (χ4v) is 2.99. The van der Waals surface area contributed by atoms with Crippen molar-refractivity contribution in [3.8, 4) is 0 Å². The van der Waals surface area contributed by atoms with Crippen LogP contribution in [-0.4, -0.2) is 26.9 Å². The van der Waals surface area contributed by atoms with E-state index in [9.17, 15) is 13.6 Å². The lowest BCUT2D eigenvalue weighted by molar-refractivity contribution is -0.133. The van der Waals surface area contributed by atoms with E-state index < -0.39 is 11.6 Å². The van der Waals surface area contributed by atoms with Gasteiger partial charge >= 0.3 is 0 Å². The van der Waals surface area contributed by atoms with Crippen LogP contribution in [0, 0.1) is 23.5 Å². The predicted octanol–water partition coefficient (Wildman–Crippen LogP) is 3.99. The Labute approximate surface area is 152 Å². The molecule has 0 atom stereocenters. The monoisotopic (exact) mass is 361 g/mol. The number of hydrogen-bond acceptors (Lipinski definition) is 2. The van der Waals surface area contributed by atoms with E-state index in [4.69, 9.17) is 0 Å². The van der Waals surface area contributed by atoms with Crippen molar-refractivity contribution in [3.63, 3.8) is 0 Å². The van der Waals surface area contributed by atoms with Gasteiger partial charge in [-0.3, -0.25) is 4.79 Å². The average molecular weight is 361 g/mol. The molecule has 0 bridgehead atoms. The molecule has 0 unspecified atom stereocenters. The number of carbonyl (C=O) groups is 1. The molecule has 6 heteroatoms. The van der Waals surface area contributed by atoms with E-state index >= 15 is 0 Å². The summed E-state index contributed by atoms with van der Waals surface area (Å²) >= 11 is 0. The van der Waals surface area contributed by atoms with Gasteiger partial charge in [0.1, 0.15) is 5.82 Å². The second-order valence-electron chi connectivity index (χ2n) is 7.54. The van der Waals surface area contributed by atoms with Crippen LogP contribution in [-0.2, 0) is 17.9 Å². The van der Waals surface area contributed by atoms with Gasteiger partial charge in [-0.1, -0.05) is 19.9 Å². The molecule has 0 spiro atoms. The van der Waals surface area contributed by atoms with Crippen molar-refractivity contribution in [2.24, 2.45) is 11.8 Å². The fraction of sp³-hybridized carbons (Fsp3) is 0.500. The molecule has 1 aliphatic carbocycles. The van der Waals surface area contributed by atoms with Crippen molar-refractivity contribution >= 4 is 5.91 Å². The number of imidazole rings is 1. The molecule has 1 heterocycles. The summed E-state index contributed by atoms with van der Waals surface area (Å²) in [5, 5.41) is 0. The Morgan fingerprint density at radius 3 is 2.73 bits per heavy atom. The molecule has 3 rings (SSSR count). The predicted molar refractivity (Wildman–Crippen MR) is 95.3 cm³/mol. The first-order valence-corrected chi connectivity index (χ1v) is 9.14. The van der Waals surface area contributed by atoms with E-state index in [1.807, 2.05) is 23.3 Å². The van der Waals surface area contributed by atoms with Crippen LogP contribution < -0.4 is 0 Å². The third-order valence-corrected chi connectivity index (χ3v) is 4.58. The van der Waals surface area contributed by atoms with Crippen molar-refractivity contribution in [3.05, 3.63) is 53.6 Å². The highest BCUT2D eigenvalue weighted by molar-refractivity contribution is 5.76. The van der Waals surface area contributed by atoms with Crippen molar-refractivity contribution < 1.29 is 13.6 Å². The summed E-state index contributed by atoms with van der Waals surface area (Å²) < 4.78 is 28.4. The van der Waals surface area contributed by atoms with Gasteiger partial charge in [-0.15, -0.1) is 0 Å². The summed E-state index contributed by atoms with van der Waals surface area (Å²) in [7, 11) is 0. The molecule has 26 heavy (non-hydrogen) atoms. The number of aromatic nitrogens is 2. The van der Waals surface area contributed by atoms with Crippen LogP contribution in [0.5, 0.6) is 0 Å². The van der Waals surface area contributed by atoms with Gasteiger partial charge in [-0.2, -0.15) is 0 Å². The molecule has 1 saturated carbocycles. The molecule has 140 valence electrons. The second kappa shape index (κ2) is 7.98. The van der Waals surface area contributed by atoms with Gasteiger partial charge in [0.15, 0.2) is 11.6 Å². The SMILES string of the molecule is CC(C)CC(=O)N(Cc1nccn1Cc1ccc(F)c(F)c1)CC1CC1. The molecular formula is C20H25F2N3O. The molecular weight excluding hydrogens is 336 g/mol. The molecule has 1 aromatic heterocycles. The van der Waals surface area contributed by atoms with Gasteiger partial charge in [-0.05, 0) is 42.4 Å². The minimum absolute atomic E-state index is 0.147. The Bertz CT molecular complexity index is 768. The first-order chi connectivity index (χ1) is 12.4. The van der Waals surface area contributed by atoms with Crippen LogP contribution >= 0.6 is 0 Å². The van der Waals surface area contributed by atoms with E-state index in [1.165, 1.54) is 18.9 Å². The van der Waals surface area contributed by atoms with Crippen molar-refractivity contribution in [1.29, 1.82) is 0 Å². The average Bonchev–Trinajstić information content (AvgIpc) is 3.29. The van der Waals surface area contributed by atoms with Crippen LogP contribution in [0.4, 0.5) is 8.78 Å². The minimum Gasteiger partial charge on any atom is -0.335 e. The molecule has 0 radical (unpaired) electrons. The maximum atomic E-state index is 13.4. The van der Waals surface area contributed by atoms with Crippen LogP contribution in [0.2, 0.25) is 0 Å². The third-order valence-electron chi connectivity index (χ3n) is 4.58. The summed E-state index contributed by atoms with van der Waals surface area (Å²) in [4.78, 5) is 18.9. The Morgan fingerprint density at radius 1 is 1.31 bits per heavy atom. The smallest absolute Gasteiger partial charge is 0.223 e. The summed E-state index contributed by atoms with van der Waals surface area (Å²) in [5.74, 6) is 0.106. The number of halogens is 2. The van der Waals surface area contributed by atoms with E-state index in [0.717, 1.165) is 18.4 Å². The largest absolute Gasteiger partial charge is 0.335 e. The highest BCUT2D eigenvalue weighted by Gasteiger charge is 2.27. The molecule has 0 saturated heterocycles. The summed E-state index contributed by atoms with van der Waals surface area (Å²) in [6.45, 7) is 5.68. The molecule has 0 N–H and O–H groups in total. The topological polar surface area (TPSA) is 38.1 Å². The standard InChI is InChI=1S/C20H25F2N3O/c1-14(2)9-20(26)25(11-15-3-4-15)13-19-23-7-8-24(19)12-16-5-6-17(21)18(22)10-16/h5-8,10,14-15H,3-4,9,11-13H2,1-2H3. The number of rotatable bonds is 8. The first kappa shape index (κ1) is 18.5. The quantitative estimate of drug-likeness (QED) is 0.713. The van der Waals surface area contributed by atoms with Crippen LogP contribution in [0.3, 0.4) is 0 Å². The van der Waals surface area contributed by atoms with E-state index in [1.54, 1.807) is 18.5 Å². The number of benzene rings is 1. The second-order valence-corrected chi connectivity index (χ2v) is 7.54. The lowest BCUT2D eigenvalue weighted by atomic mass is 10.1. The molecule has 1 aliphatic rings. The zero-order valence-corrected chi connectivity index (χ0v) is 15.3. The summed E-state index contributed by atoms with van der Waals surface area (Å²) in [5.41, 5.74) is 0.658. The number of carbonyl (C=O) groups excluding carboxylic acids is 1. The van der Waals surface area contributed by atoms with E-state index in [2.05, 4.69) is 4.98 Å². The van der Waals surface area contributed by atoms with Crippen LogP contribution in [0.15, 0.2) is 30.6 Å². The van der Waals surface area contributed by atoms with Crippen molar-refractivity contribution in [2.45, 2.75) is 46.2 Å². The van der Waals surface area contributed by atoms with Crippen LogP contribution in [0.25, 0.3) is 0 Å². The number of hydrogen-bond donors (Lipinski definition) is 0. The Kier molecular flexibility index (Phi) is 5.69.